The van der Waals surface area contributed by atoms with Crippen LogP contribution < -0.4 is 11.1 Å². The fourth-order valence-corrected chi connectivity index (χ4v) is 8.35. The molecule has 0 amide bonds. The van der Waals surface area contributed by atoms with Crippen LogP contribution in [0, 0.1) is 13.8 Å². The number of hydrogen-bond donors (Lipinski definition) is 0. The Bertz CT molecular complexity index is 2010. The lowest BCUT2D eigenvalue weighted by molar-refractivity contribution is 1.21. The molecule has 0 saturated heterocycles. The SMILES string of the molecule is Cc1cc2c(cc3c4ccc5c6c(sc(c(=O)n23)c46)c(=O)n2c3cc(C)sc3cc52)s1. The smallest absolute Gasteiger partial charge is 0.273 e. The second-order valence-corrected chi connectivity index (χ2v) is 11.8. The van der Waals surface area contributed by atoms with E-state index in [4.69, 9.17) is 0 Å². The molecule has 7 heterocycles. The first kappa shape index (κ1) is 16.7. The van der Waals surface area contributed by atoms with Crippen LogP contribution in [-0.4, -0.2) is 8.80 Å². The van der Waals surface area contributed by atoms with Crippen molar-refractivity contribution in [1.82, 2.24) is 8.80 Å². The molecule has 0 aliphatic heterocycles. The van der Waals surface area contributed by atoms with Crippen molar-refractivity contribution in [3.63, 3.8) is 0 Å². The summed E-state index contributed by atoms with van der Waals surface area (Å²) in [6.07, 6.45) is 0. The van der Waals surface area contributed by atoms with Gasteiger partial charge in [-0.05, 0) is 38.1 Å². The standard InChI is InChI=1S/C24H12N2O2S3/c1-9-5-15-17(29-9)7-13-11-3-4-12-14-8-18-16(6-10(2)30-18)26(14)24(28)22-20(12)19(11)21(31-22)23(27)25(13)15/h3-8H,1-2H3. The second kappa shape index (κ2) is 5.07. The first-order chi connectivity index (χ1) is 15.0. The van der Waals surface area contributed by atoms with Gasteiger partial charge in [0.05, 0.1) is 31.5 Å². The monoisotopic (exact) mass is 456 g/mol. The van der Waals surface area contributed by atoms with Gasteiger partial charge in [-0.25, -0.2) is 0 Å². The van der Waals surface area contributed by atoms with Crippen molar-refractivity contribution >= 4 is 96.4 Å². The maximum atomic E-state index is 13.6. The first-order valence-corrected chi connectivity index (χ1v) is 12.4. The van der Waals surface area contributed by atoms with Crippen LogP contribution in [0.2, 0.25) is 0 Å². The average molecular weight is 457 g/mol. The molecule has 0 saturated carbocycles. The maximum Gasteiger partial charge on any atom is 0.273 e. The van der Waals surface area contributed by atoms with Crippen molar-refractivity contribution in [1.29, 1.82) is 0 Å². The molecule has 1 aromatic carbocycles. The number of rotatable bonds is 0. The molecule has 31 heavy (non-hydrogen) atoms. The highest BCUT2D eigenvalue weighted by Gasteiger charge is 2.24. The number of thiophene rings is 3. The number of fused-ring (bicyclic) bond motifs is 8. The van der Waals surface area contributed by atoms with Crippen LogP contribution in [0.1, 0.15) is 9.75 Å². The minimum absolute atomic E-state index is 0.0235. The Balaban J connectivity index is 1.71. The zero-order chi connectivity index (χ0) is 20.8. The molecule has 0 bridgehead atoms. The van der Waals surface area contributed by atoms with E-state index in [2.05, 4.69) is 50.2 Å². The Hall–Kier alpha value is -3.00. The molecule has 0 radical (unpaired) electrons. The lowest BCUT2D eigenvalue weighted by Gasteiger charge is -2.06. The third-order valence-electron chi connectivity index (χ3n) is 6.44. The van der Waals surface area contributed by atoms with Crippen molar-refractivity contribution < 1.29 is 0 Å². The summed E-state index contributed by atoms with van der Waals surface area (Å²) in [5.41, 5.74) is 3.74. The summed E-state index contributed by atoms with van der Waals surface area (Å²) in [4.78, 5) is 29.6. The van der Waals surface area contributed by atoms with Gasteiger partial charge >= 0.3 is 0 Å². The summed E-state index contributed by atoms with van der Waals surface area (Å²) in [6.45, 7) is 4.13. The first-order valence-electron chi connectivity index (χ1n) is 9.94. The topological polar surface area (TPSA) is 43.0 Å². The number of aryl methyl sites for hydroxylation is 2. The van der Waals surface area contributed by atoms with Gasteiger partial charge in [-0.1, -0.05) is 12.1 Å². The maximum absolute atomic E-state index is 13.6. The van der Waals surface area contributed by atoms with Crippen molar-refractivity contribution in [2.45, 2.75) is 13.8 Å². The van der Waals surface area contributed by atoms with E-state index in [1.54, 1.807) is 22.7 Å². The van der Waals surface area contributed by atoms with E-state index < -0.39 is 0 Å². The van der Waals surface area contributed by atoms with Gasteiger partial charge in [0.25, 0.3) is 11.1 Å². The molecule has 8 aromatic rings. The van der Waals surface area contributed by atoms with Crippen LogP contribution in [0.25, 0.3) is 62.4 Å². The van der Waals surface area contributed by atoms with E-state index in [0.29, 0.717) is 9.40 Å². The number of pyridine rings is 2. The largest absolute Gasteiger partial charge is 0.274 e. The molecule has 4 nitrogen and oxygen atoms in total. The summed E-state index contributed by atoms with van der Waals surface area (Å²) in [5, 5.41) is 3.97. The minimum Gasteiger partial charge on any atom is -0.274 e. The van der Waals surface area contributed by atoms with E-state index in [9.17, 15) is 9.59 Å². The molecule has 8 rings (SSSR count). The summed E-state index contributed by atoms with van der Waals surface area (Å²) >= 11 is 4.77. The van der Waals surface area contributed by atoms with E-state index in [1.165, 1.54) is 21.1 Å². The van der Waals surface area contributed by atoms with Gasteiger partial charge in [-0.2, -0.15) is 0 Å². The van der Waals surface area contributed by atoms with Gasteiger partial charge < -0.3 is 0 Å². The predicted molar refractivity (Wildman–Crippen MR) is 134 cm³/mol. The van der Waals surface area contributed by atoms with Crippen molar-refractivity contribution in [2.75, 3.05) is 0 Å². The van der Waals surface area contributed by atoms with Gasteiger partial charge in [0.15, 0.2) is 0 Å². The van der Waals surface area contributed by atoms with Gasteiger partial charge in [-0.15, -0.1) is 34.0 Å². The van der Waals surface area contributed by atoms with Crippen LogP contribution >= 0.6 is 34.0 Å². The Kier molecular flexibility index (Phi) is 2.73. The fourth-order valence-electron chi connectivity index (χ4n) is 5.27. The van der Waals surface area contributed by atoms with E-state index in [-0.39, 0.29) is 11.1 Å². The Labute approximate surface area is 185 Å². The van der Waals surface area contributed by atoms with Gasteiger partial charge in [0.1, 0.15) is 9.40 Å². The van der Waals surface area contributed by atoms with E-state index >= 15 is 0 Å². The highest BCUT2D eigenvalue weighted by Crippen LogP contribution is 2.43. The quantitative estimate of drug-likeness (QED) is 0.249. The Morgan fingerprint density at radius 2 is 1.06 bits per heavy atom. The lowest BCUT2D eigenvalue weighted by atomic mass is 10.0. The molecular weight excluding hydrogens is 444 g/mol. The van der Waals surface area contributed by atoms with Crippen molar-refractivity contribution in [3.8, 4) is 0 Å². The molecule has 0 atom stereocenters. The predicted octanol–water partition coefficient (Wildman–Crippen LogP) is 6.36. The molecule has 0 aliphatic carbocycles. The molecule has 7 heteroatoms. The number of aromatic nitrogens is 2. The second-order valence-electron chi connectivity index (χ2n) is 8.22. The third kappa shape index (κ3) is 1.76. The summed E-state index contributed by atoms with van der Waals surface area (Å²) in [5.74, 6) is 0. The third-order valence-corrected chi connectivity index (χ3v) is 9.58. The summed E-state index contributed by atoms with van der Waals surface area (Å²) < 4.78 is 7.26. The minimum atomic E-state index is -0.0235. The number of benzene rings is 1. The molecule has 7 aromatic heterocycles. The fraction of sp³-hybridized carbons (Fsp3) is 0.0833. The van der Waals surface area contributed by atoms with Crippen molar-refractivity contribution in [3.05, 3.63) is 66.9 Å². The van der Waals surface area contributed by atoms with Gasteiger partial charge in [0.2, 0.25) is 0 Å². The zero-order valence-corrected chi connectivity index (χ0v) is 18.8. The molecule has 0 fully saturated rings. The highest BCUT2D eigenvalue weighted by atomic mass is 32.1. The Morgan fingerprint density at radius 3 is 1.52 bits per heavy atom. The average Bonchev–Trinajstić information content (AvgIpc) is 3.49. The van der Waals surface area contributed by atoms with Crippen LogP contribution in [-0.2, 0) is 0 Å². The Morgan fingerprint density at radius 1 is 0.613 bits per heavy atom. The lowest BCUT2D eigenvalue weighted by Crippen LogP contribution is -2.11. The van der Waals surface area contributed by atoms with E-state index in [1.807, 2.05) is 8.80 Å². The zero-order valence-electron chi connectivity index (χ0n) is 16.4. The summed E-state index contributed by atoms with van der Waals surface area (Å²) in [7, 11) is 0. The van der Waals surface area contributed by atoms with Crippen molar-refractivity contribution in [2.24, 2.45) is 0 Å². The summed E-state index contributed by atoms with van der Waals surface area (Å²) in [6, 6.07) is 12.6. The molecule has 0 spiro atoms. The van der Waals surface area contributed by atoms with Crippen LogP contribution in [0.5, 0.6) is 0 Å². The normalized spacial score (nSPS) is 13.1. The number of nitrogens with zero attached hydrogens (tertiary/aromatic N) is 2. The van der Waals surface area contributed by atoms with Gasteiger partial charge in [-0.3, -0.25) is 18.4 Å². The van der Waals surface area contributed by atoms with Crippen LogP contribution in [0.4, 0.5) is 0 Å². The molecule has 0 N–H and O–H groups in total. The van der Waals surface area contributed by atoms with Crippen LogP contribution in [0.15, 0.2) is 46.0 Å². The molecule has 148 valence electrons. The van der Waals surface area contributed by atoms with Crippen LogP contribution in [0.3, 0.4) is 0 Å². The highest BCUT2D eigenvalue weighted by molar-refractivity contribution is 7.26. The van der Waals surface area contributed by atoms with E-state index in [0.717, 1.165) is 53.0 Å². The molecular formula is C24H12N2O2S3. The number of hydrogen-bond acceptors (Lipinski definition) is 5. The van der Waals surface area contributed by atoms with Gasteiger partial charge in [0, 0.05) is 31.3 Å². The molecule has 0 aliphatic rings. The molecule has 0 unspecified atom stereocenters.